The minimum Gasteiger partial charge on any atom is -0.379 e. The molecule has 0 bridgehead atoms. The molecular weight excluding hydrogens is 401 g/mol. The Bertz CT molecular complexity index is 1180. The number of hydrogen-bond donors (Lipinski definition) is 0. The van der Waals surface area contributed by atoms with Gasteiger partial charge in [0.25, 0.3) is 0 Å². The van der Waals surface area contributed by atoms with Crippen molar-refractivity contribution in [3.05, 3.63) is 83.4 Å². The highest BCUT2D eigenvalue weighted by Crippen LogP contribution is 2.29. The molecule has 4 nitrogen and oxygen atoms in total. The van der Waals surface area contributed by atoms with Crippen molar-refractivity contribution in [2.75, 3.05) is 26.3 Å². The Morgan fingerprint density at radius 1 is 0.933 bits per heavy atom. The third-order valence-electron chi connectivity index (χ3n) is 5.47. The number of fused-ring (bicyclic) bond motifs is 1. The van der Waals surface area contributed by atoms with Crippen LogP contribution in [0.2, 0.25) is 5.02 Å². The Labute approximate surface area is 179 Å². The summed E-state index contributed by atoms with van der Waals surface area (Å²) in [6, 6.07) is 18.4. The van der Waals surface area contributed by atoms with Gasteiger partial charge >= 0.3 is 0 Å². The molecule has 0 unspecified atom stereocenters. The highest BCUT2D eigenvalue weighted by molar-refractivity contribution is 6.30. The Hall–Kier alpha value is -2.73. The summed E-state index contributed by atoms with van der Waals surface area (Å²) in [6.45, 7) is 4.01. The van der Waals surface area contributed by atoms with Crippen molar-refractivity contribution in [3.8, 4) is 22.4 Å². The first kappa shape index (κ1) is 19.2. The fourth-order valence-electron chi connectivity index (χ4n) is 3.89. The Morgan fingerprint density at radius 3 is 2.47 bits per heavy atom. The molecule has 1 aliphatic rings. The lowest BCUT2D eigenvalue weighted by atomic mass is 10.1. The smallest absolute Gasteiger partial charge is 0.137 e. The lowest BCUT2D eigenvalue weighted by molar-refractivity contribution is 0.0336. The van der Waals surface area contributed by atoms with Crippen LogP contribution in [0.1, 0.15) is 5.69 Å². The van der Waals surface area contributed by atoms with Gasteiger partial charge in [-0.15, -0.1) is 0 Å². The molecular formula is C24H21ClFN3O. The minimum absolute atomic E-state index is 0.242. The zero-order valence-electron chi connectivity index (χ0n) is 16.4. The Balaban J connectivity index is 1.64. The number of ether oxygens (including phenoxy) is 1. The first-order valence-corrected chi connectivity index (χ1v) is 10.4. The van der Waals surface area contributed by atoms with E-state index in [-0.39, 0.29) is 5.82 Å². The van der Waals surface area contributed by atoms with E-state index in [4.69, 9.17) is 21.3 Å². The SMILES string of the molecule is Fc1cccc(-c2ccc3nc(-c4ccc(Cl)cc4)c(CN4CCOCC4)n3c2)c1. The second kappa shape index (κ2) is 8.19. The molecule has 30 heavy (non-hydrogen) atoms. The standard InChI is InChI=1S/C24H21ClFN3O/c25-20-7-4-17(5-8-20)24-22(16-28-10-12-30-13-11-28)29-15-19(6-9-23(29)27-24)18-2-1-3-21(26)14-18/h1-9,14-15H,10-13,16H2. The third-order valence-corrected chi connectivity index (χ3v) is 5.72. The summed E-state index contributed by atoms with van der Waals surface area (Å²) in [4.78, 5) is 7.29. The summed E-state index contributed by atoms with van der Waals surface area (Å²) in [7, 11) is 0. The quantitative estimate of drug-likeness (QED) is 0.448. The van der Waals surface area contributed by atoms with Crippen LogP contribution in [-0.4, -0.2) is 40.6 Å². The number of aromatic nitrogens is 2. The molecule has 0 atom stereocenters. The molecule has 0 amide bonds. The largest absolute Gasteiger partial charge is 0.379 e. The number of morpholine rings is 1. The van der Waals surface area contributed by atoms with E-state index in [1.54, 1.807) is 12.1 Å². The zero-order valence-corrected chi connectivity index (χ0v) is 17.1. The van der Waals surface area contributed by atoms with Gasteiger partial charge in [-0.2, -0.15) is 0 Å². The van der Waals surface area contributed by atoms with Crippen molar-refractivity contribution < 1.29 is 9.13 Å². The summed E-state index contributed by atoms with van der Waals surface area (Å²) in [5.74, 6) is -0.242. The molecule has 5 rings (SSSR count). The van der Waals surface area contributed by atoms with Crippen LogP contribution in [0.5, 0.6) is 0 Å². The summed E-state index contributed by atoms with van der Waals surface area (Å²) in [5.41, 5.74) is 5.73. The van der Waals surface area contributed by atoms with Crippen molar-refractivity contribution in [2.24, 2.45) is 0 Å². The number of hydrogen-bond acceptors (Lipinski definition) is 3. The number of halogens is 2. The molecule has 0 aliphatic carbocycles. The number of benzene rings is 2. The number of nitrogens with zero attached hydrogens (tertiary/aromatic N) is 3. The maximum absolute atomic E-state index is 13.8. The van der Waals surface area contributed by atoms with Gasteiger partial charge in [-0.25, -0.2) is 9.37 Å². The maximum atomic E-state index is 13.8. The predicted molar refractivity (Wildman–Crippen MR) is 117 cm³/mol. The molecule has 0 N–H and O–H groups in total. The summed E-state index contributed by atoms with van der Waals surface area (Å²) in [6.07, 6.45) is 2.05. The number of pyridine rings is 1. The van der Waals surface area contributed by atoms with Gasteiger partial charge in [0.1, 0.15) is 11.5 Å². The third kappa shape index (κ3) is 3.84. The van der Waals surface area contributed by atoms with E-state index in [0.717, 1.165) is 66.6 Å². The van der Waals surface area contributed by atoms with Crippen molar-refractivity contribution in [1.29, 1.82) is 0 Å². The maximum Gasteiger partial charge on any atom is 0.137 e. The van der Waals surface area contributed by atoms with Crippen molar-refractivity contribution in [2.45, 2.75) is 6.54 Å². The van der Waals surface area contributed by atoms with Crippen LogP contribution in [0, 0.1) is 5.82 Å². The van der Waals surface area contributed by atoms with Gasteiger partial charge in [-0.3, -0.25) is 4.90 Å². The average molecular weight is 422 g/mol. The number of rotatable bonds is 4. The average Bonchev–Trinajstić information content (AvgIpc) is 3.12. The predicted octanol–water partition coefficient (Wildman–Crippen LogP) is 5.29. The number of imidazole rings is 1. The molecule has 1 aliphatic heterocycles. The second-order valence-corrected chi connectivity index (χ2v) is 7.90. The fourth-order valence-corrected chi connectivity index (χ4v) is 4.02. The lowest BCUT2D eigenvalue weighted by Crippen LogP contribution is -2.36. The van der Waals surface area contributed by atoms with Gasteiger partial charge in [0.2, 0.25) is 0 Å². The van der Waals surface area contributed by atoms with Gasteiger partial charge in [0, 0.05) is 36.4 Å². The second-order valence-electron chi connectivity index (χ2n) is 7.46. The van der Waals surface area contributed by atoms with E-state index < -0.39 is 0 Å². The highest BCUT2D eigenvalue weighted by Gasteiger charge is 2.19. The first-order chi connectivity index (χ1) is 14.7. The molecule has 6 heteroatoms. The minimum atomic E-state index is -0.242. The van der Waals surface area contributed by atoms with Crippen LogP contribution in [0.25, 0.3) is 28.0 Å². The van der Waals surface area contributed by atoms with Crippen LogP contribution in [0.4, 0.5) is 4.39 Å². The van der Waals surface area contributed by atoms with Crippen LogP contribution in [0.3, 0.4) is 0 Å². The summed E-state index contributed by atoms with van der Waals surface area (Å²) in [5, 5.41) is 0.700. The van der Waals surface area contributed by atoms with E-state index in [2.05, 4.69) is 9.30 Å². The van der Waals surface area contributed by atoms with Crippen molar-refractivity contribution >= 4 is 17.2 Å². The Morgan fingerprint density at radius 2 is 1.70 bits per heavy atom. The molecule has 0 radical (unpaired) electrons. The topological polar surface area (TPSA) is 29.8 Å². The summed E-state index contributed by atoms with van der Waals surface area (Å²) >= 11 is 6.10. The van der Waals surface area contributed by atoms with Crippen LogP contribution in [0.15, 0.2) is 66.9 Å². The molecule has 152 valence electrons. The molecule has 1 fully saturated rings. The summed E-state index contributed by atoms with van der Waals surface area (Å²) < 4.78 is 21.4. The lowest BCUT2D eigenvalue weighted by Gasteiger charge is -2.26. The fraction of sp³-hybridized carbons (Fsp3) is 0.208. The normalized spacial score (nSPS) is 15.0. The van der Waals surface area contributed by atoms with Gasteiger partial charge in [0.15, 0.2) is 0 Å². The van der Waals surface area contributed by atoms with E-state index >= 15 is 0 Å². The zero-order chi connectivity index (χ0) is 20.5. The Kier molecular flexibility index (Phi) is 5.25. The molecule has 4 aromatic rings. The monoisotopic (exact) mass is 421 g/mol. The highest BCUT2D eigenvalue weighted by atomic mass is 35.5. The van der Waals surface area contributed by atoms with Gasteiger partial charge in [-0.1, -0.05) is 35.9 Å². The van der Waals surface area contributed by atoms with E-state index in [0.29, 0.717) is 5.02 Å². The molecule has 2 aromatic heterocycles. The van der Waals surface area contributed by atoms with Gasteiger partial charge in [-0.05, 0) is 47.5 Å². The van der Waals surface area contributed by atoms with Crippen molar-refractivity contribution in [3.63, 3.8) is 0 Å². The molecule has 2 aromatic carbocycles. The molecule has 0 saturated carbocycles. The molecule has 0 spiro atoms. The van der Waals surface area contributed by atoms with E-state index in [9.17, 15) is 4.39 Å². The molecule has 3 heterocycles. The van der Waals surface area contributed by atoms with E-state index in [1.165, 1.54) is 6.07 Å². The van der Waals surface area contributed by atoms with Gasteiger partial charge in [0.05, 0.1) is 24.6 Å². The van der Waals surface area contributed by atoms with Gasteiger partial charge < -0.3 is 9.14 Å². The van der Waals surface area contributed by atoms with Crippen LogP contribution in [-0.2, 0) is 11.3 Å². The van der Waals surface area contributed by atoms with E-state index in [1.807, 2.05) is 48.7 Å². The first-order valence-electron chi connectivity index (χ1n) is 10.0. The van der Waals surface area contributed by atoms with Crippen LogP contribution < -0.4 is 0 Å². The molecule has 1 saturated heterocycles. The van der Waals surface area contributed by atoms with Crippen LogP contribution >= 0.6 is 11.6 Å². The van der Waals surface area contributed by atoms with Crippen molar-refractivity contribution in [1.82, 2.24) is 14.3 Å².